The molecular formula is C31H48BrNO2. The van der Waals surface area contributed by atoms with Crippen molar-refractivity contribution in [3.8, 4) is 5.75 Å². The van der Waals surface area contributed by atoms with Crippen molar-refractivity contribution in [2.45, 2.75) is 121 Å². The Bertz CT molecular complexity index is 820. The van der Waals surface area contributed by atoms with Crippen LogP contribution in [-0.4, -0.2) is 11.6 Å². The molecule has 0 aliphatic rings. The number of aromatic nitrogens is 1. The normalized spacial score (nSPS) is 12.1. The Balaban J connectivity index is 1.44. The highest BCUT2D eigenvalue weighted by Crippen LogP contribution is 2.25. The summed E-state index contributed by atoms with van der Waals surface area (Å²) in [7, 11) is 0. The third-order valence-corrected chi connectivity index (χ3v) is 7.57. The first kappa shape index (κ1) is 29.7. The summed E-state index contributed by atoms with van der Waals surface area (Å²) in [4.78, 5) is 15.7. The molecule has 0 radical (unpaired) electrons. The van der Waals surface area contributed by atoms with Gasteiger partial charge in [-0.15, -0.1) is 0 Å². The van der Waals surface area contributed by atoms with Crippen LogP contribution in [0.4, 0.5) is 0 Å². The molecule has 0 bridgehead atoms. The molecular weight excluding hydrogens is 498 g/mol. The van der Waals surface area contributed by atoms with Crippen molar-refractivity contribution in [1.29, 1.82) is 0 Å². The summed E-state index contributed by atoms with van der Waals surface area (Å²) < 4.78 is 5.75. The van der Waals surface area contributed by atoms with Gasteiger partial charge in [0.05, 0.1) is 11.4 Å². The van der Waals surface area contributed by atoms with Crippen LogP contribution in [0, 0.1) is 0 Å². The second-order valence-corrected chi connectivity index (χ2v) is 11.0. The molecule has 2 rings (SSSR count). The van der Waals surface area contributed by atoms with Gasteiger partial charge in [0.15, 0.2) is 5.75 Å². The fourth-order valence-electron chi connectivity index (χ4n) is 4.53. The van der Waals surface area contributed by atoms with E-state index in [4.69, 9.17) is 4.74 Å². The molecule has 4 heteroatoms. The quantitative estimate of drug-likeness (QED) is 0.125. The number of halogens is 1. The highest BCUT2D eigenvalue weighted by molar-refractivity contribution is 9.09. The van der Waals surface area contributed by atoms with Crippen LogP contribution >= 0.6 is 15.9 Å². The Morgan fingerprint density at radius 2 is 1.29 bits per heavy atom. The van der Waals surface area contributed by atoms with Gasteiger partial charge in [-0.3, -0.25) is 4.79 Å². The fourth-order valence-corrected chi connectivity index (χ4v) is 5.17. The number of H-pyrrole nitrogens is 1. The molecule has 0 saturated carbocycles. The van der Waals surface area contributed by atoms with Crippen molar-refractivity contribution in [3.05, 3.63) is 64.1 Å². The Labute approximate surface area is 222 Å². The lowest BCUT2D eigenvalue weighted by atomic mass is 10.0. The molecule has 1 N–H and O–H groups in total. The summed E-state index contributed by atoms with van der Waals surface area (Å²) in [5, 5.41) is 0. The van der Waals surface area contributed by atoms with E-state index in [1.54, 1.807) is 12.3 Å². The summed E-state index contributed by atoms with van der Waals surface area (Å²) in [6, 6.07) is 11.9. The van der Waals surface area contributed by atoms with Crippen LogP contribution in [0.3, 0.4) is 0 Å². The minimum absolute atomic E-state index is 0.0484. The standard InChI is InChI=1S/C31H48BrNO2/c1-2-3-4-5-6-7-8-9-10-11-12-13-14-15-16-20-23-35-31-26-33-29(25-30(31)34)28(32)24-27-21-18-17-19-22-27/h17-19,21-22,25-26,28H,2-16,20,23-24H2,1H3,(H,33,34). The second-order valence-electron chi connectivity index (χ2n) is 9.93. The summed E-state index contributed by atoms with van der Waals surface area (Å²) in [5.74, 6) is 0.425. The molecule has 2 aromatic rings. The van der Waals surface area contributed by atoms with Gasteiger partial charge in [-0.05, 0) is 18.4 Å². The third kappa shape index (κ3) is 13.9. The highest BCUT2D eigenvalue weighted by atomic mass is 79.9. The number of unbranched alkanes of at least 4 members (excludes halogenated alkanes) is 15. The van der Waals surface area contributed by atoms with E-state index in [1.165, 1.54) is 102 Å². The van der Waals surface area contributed by atoms with Crippen molar-refractivity contribution in [1.82, 2.24) is 4.98 Å². The Morgan fingerprint density at radius 3 is 1.80 bits per heavy atom. The number of rotatable bonds is 21. The lowest BCUT2D eigenvalue weighted by Crippen LogP contribution is -2.11. The van der Waals surface area contributed by atoms with Crippen LogP contribution in [-0.2, 0) is 6.42 Å². The van der Waals surface area contributed by atoms with E-state index < -0.39 is 0 Å². The number of benzene rings is 1. The van der Waals surface area contributed by atoms with Gasteiger partial charge in [-0.2, -0.15) is 0 Å². The van der Waals surface area contributed by atoms with Gasteiger partial charge in [0.2, 0.25) is 5.43 Å². The van der Waals surface area contributed by atoms with E-state index in [-0.39, 0.29) is 10.3 Å². The maximum atomic E-state index is 12.4. The molecule has 0 fully saturated rings. The molecule has 0 saturated heterocycles. The average molecular weight is 547 g/mol. The zero-order valence-electron chi connectivity index (χ0n) is 22.0. The highest BCUT2D eigenvalue weighted by Gasteiger charge is 2.11. The minimum atomic E-state index is -0.0484. The smallest absolute Gasteiger partial charge is 0.223 e. The first-order chi connectivity index (χ1) is 17.2. The van der Waals surface area contributed by atoms with Crippen LogP contribution in [0.5, 0.6) is 5.75 Å². The Hall–Kier alpha value is -1.55. The van der Waals surface area contributed by atoms with Gasteiger partial charge in [-0.1, -0.05) is 149 Å². The molecule has 1 aromatic heterocycles. The number of nitrogens with one attached hydrogen (secondary N) is 1. The zero-order valence-corrected chi connectivity index (χ0v) is 23.6. The zero-order chi connectivity index (χ0) is 25.0. The summed E-state index contributed by atoms with van der Waals surface area (Å²) in [5.41, 5.74) is 2.07. The molecule has 196 valence electrons. The van der Waals surface area contributed by atoms with Crippen molar-refractivity contribution in [3.63, 3.8) is 0 Å². The Morgan fingerprint density at radius 1 is 0.771 bits per heavy atom. The maximum absolute atomic E-state index is 12.4. The predicted octanol–water partition coefficient (Wildman–Crippen LogP) is 9.69. The van der Waals surface area contributed by atoms with E-state index in [0.717, 1.165) is 18.5 Å². The lowest BCUT2D eigenvalue weighted by molar-refractivity contribution is 0.300. The number of ether oxygens (including phenoxy) is 1. The van der Waals surface area contributed by atoms with E-state index >= 15 is 0 Å². The van der Waals surface area contributed by atoms with Gasteiger partial charge in [0.25, 0.3) is 0 Å². The van der Waals surface area contributed by atoms with E-state index in [0.29, 0.717) is 12.4 Å². The van der Waals surface area contributed by atoms with E-state index in [9.17, 15) is 4.79 Å². The van der Waals surface area contributed by atoms with Gasteiger partial charge in [0.1, 0.15) is 0 Å². The molecule has 1 unspecified atom stereocenters. The summed E-state index contributed by atoms with van der Waals surface area (Å²) in [6.45, 7) is 2.90. The first-order valence-electron chi connectivity index (χ1n) is 14.2. The van der Waals surface area contributed by atoms with Crippen molar-refractivity contribution in [2.24, 2.45) is 0 Å². The summed E-state index contributed by atoms with van der Waals surface area (Å²) >= 11 is 3.70. The van der Waals surface area contributed by atoms with Crippen molar-refractivity contribution < 1.29 is 4.74 Å². The molecule has 1 atom stereocenters. The SMILES string of the molecule is CCCCCCCCCCCCCCCCCCOc1c[nH]c(C(Br)Cc2ccccc2)cc1=O. The van der Waals surface area contributed by atoms with Gasteiger partial charge >= 0.3 is 0 Å². The van der Waals surface area contributed by atoms with Crippen LogP contribution in [0.15, 0.2) is 47.4 Å². The predicted molar refractivity (Wildman–Crippen MR) is 154 cm³/mol. The minimum Gasteiger partial charge on any atom is -0.488 e. The average Bonchev–Trinajstić information content (AvgIpc) is 2.87. The van der Waals surface area contributed by atoms with Gasteiger partial charge in [-0.25, -0.2) is 0 Å². The molecule has 1 aromatic carbocycles. The molecule has 0 aliphatic heterocycles. The lowest BCUT2D eigenvalue weighted by Gasteiger charge is -2.11. The van der Waals surface area contributed by atoms with E-state index in [1.807, 2.05) is 18.2 Å². The molecule has 0 spiro atoms. The number of alkyl halides is 1. The van der Waals surface area contributed by atoms with Crippen molar-refractivity contribution in [2.75, 3.05) is 6.61 Å². The van der Waals surface area contributed by atoms with E-state index in [2.05, 4.69) is 40.0 Å². The number of pyridine rings is 1. The monoisotopic (exact) mass is 545 g/mol. The first-order valence-corrected chi connectivity index (χ1v) is 15.2. The topological polar surface area (TPSA) is 42.1 Å². The van der Waals surface area contributed by atoms with Gasteiger partial charge < -0.3 is 9.72 Å². The number of hydrogen-bond acceptors (Lipinski definition) is 2. The van der Waals surface area contributed by atoms with Crippen molar-refractivity contribution >= 4 is 15.9 Å². The number of hydrogen-bond donors (Lipinski definition) is 1. The maximum Gasteiger partial charge on any atom is 0.223 e. The molecule has 1 heterocycles. The van der Waals surface area contributed by atoms with Crippen LogP contribution in [0.2, 0.25) is 0 Å². The van der Waals surface area contributed by atoms with Gasteiger partial charge in [0, 0.05) is 18.0 Å². The number of aromatic amines is 1. The largest absolute Gasteiger partial charge is 0.488 e. The van der Waals surface area contributed by atoms with Crippen LogP contribution < -0.4 is 10.2 Å². The fraction of sp³-hybridized carbons (Fsp3) is 0.645. The van der Waals surface area contributed by atoms with Crippen LogP contribution in [0.1, 0.15) is 126 Å². The summed E-state index contributed by atoms with van der Waals surface area (Å²) in [6.07, 6.45) is 24.2. The third-order valence-electron chi connectivity index (χ3n) is 6.75. The molecule has 0 aliphatic carbocycles. The molecule has 35 heavy (non-hydrogen) atoms. The Kier molecular flexibility index (Phi) is 16.6. The van der Waals surface area contributed by atoms with Crippen LogP contribution in [0.25, 0.3) is 0 Å². The molecule has 0 amide bonds. The molecule has 3 nitrogen and oxygen atoms in total. The second kappa shape index (κ2) is 19.6.